The number of nitriles is 1. The molecule has 0 aliphatic carbocycles. The van der Waals surface area contributed by atoms with Crippen LogP contribution in [0.1, 0.15) is 12.5 Å². The summed E-state index contributed by atoms with van der Waals surface area (Å²) < 4.78 is 10.1. The predicted molar refractivity (Wildman–Crippen MR) is 92.0 cm³/mol. The van der Waals surface area contributed by atoms with Crippen LogP contribution in [0.4, 0.5) is 17.1 Å². The molecule has 2 heterocycles. The maximum atomic E-state index is 12.3. The summed E-state index contributed by atoms with van der Waals surface area (Å²) in [6.07, 6.45) is 1.20. The van der Waals surface area contributed by atoms with Gasteiger partial charge in [-0.15, -0.1) is 0 Å². The lowest BCUT2D eigenvalue weighted by atomic mass is 10.2. The van der Waals surface area contributed by atoms with Gasteiger partial charge in [0.2, 0.25) is 5.91 Å². The van der Waals surface area contributed by atoms with E-state index >= 15 is 0 Å². The molecule has 1 aliphatic rings. The molecular weight excluding hydrogens is 344 g/mol. The first kappa shape index (κ1) is 16.5. The molecule has 1 amide bonds. The van der Waals surface area contributed by atoms with E-state index in [1.54, 1.807) is 31.2 Å². The SMILES string of the molecule is CCn1cc(C#N)c(=O)n(CC(=O)Nc2cccc3c2N=S=N3)c1=O. The minimum atomic E-state index is -0.791. The minimum Gasteiger partial charge on any atom is -0.323 e. The molecule has 0 saturated carbocycles. The van der Waals surface area contributed by atoms with Crippen molar-refractivity contribution in [1.29, 1.82) is 5.26 Å². The van der Waals surface area contributed by atoms with Crippen LogP contribution in [0.15, 0.2) is 42.7 Å². The van der Waals surface area contributed by atoms with Gasteiger partial charge >= 0.3 is 5.69 Å². The van der Waals surface area contributed by atoms with Crippen LogP contribution in [-0.4, -0.2) is 15.0 Å². The van der Waals surface area contributed by atoms with E-state index in [0.29, 0.717) is 17.1 Å². The highest BCUT2D eigenvalue weighted by atomic mass is 32.1. The summed E-state index contributed by atoms with van der Waals surface area (Å²) in [7, 11) is 0. The average molecular weight is 356 g/mol. The zero-order valence-corrected chi connectivity index (χ0v) is 13.9. The summed E-state index contributed by atoms with van der Waals surface area (Å²) >= 11 is 1.02. The number of hydrogen-bond acceptors (Lipinski definition) is 6. The second-order valence-electron chi connectivity index (χ2n) is 5.10. The van der Waals surface area contributed by atoms with Crippen LogP contribution in [0.5, 0.6) is 0 Å². The molecule has 0 atom stereocenters. The van der Waals surface area contributed by atoms with Crippen LogP contribution in [0.25, 0.3) is 0 Å². The van der Waals surface area contributed by atoms with Gasteiger partial charge < -0.3 is 5.32 Å². The lowest BCUT2D eigenvalue weighted by Crippen LogP contribution is -2.43. The van der Waals surface area contributed by atoms with Crippen LogP contribution in [-0.2, 0) is 29.2 Å². The lowest BCUT2D eigenvalue weighted by Gasteiger charge is -2.11. The summed E-state index contributed by atoms with van der Waals surface area (Å²) in [5.74, 6) is -0.572. The zero-order valence-electron chi connectivity index (χ0n) is 13.1. The number of hydrogen-bond donors (Lipinski definition) is 1. The topological polar surface area (TPSA) is 122 Å². The Kier molecular flexibility index (Phi) is 4.40. The van der Waals surface area contributed by atoms with Crippen molar-refractivity contribution in [3.8, 4) is 6.07 Å². The van der Waals surface area contributed by atoms with Crippen molar-refractivity contribution in [3.63, 3.8) is 0 Å². The molecule has 10 heteroatoms. The van der Waals surface area contributed by atoms with Crippen molar-refractivity contribution in [2.45, 2.75) is 20.0 Å². The van der Waals surface area contributed by atoms with E-state index in [4.69, 9.17) is 5.26 Å². The van der Waals surface area contributed by atoms with Crippen LogP contribution in [0.3, 0.4) is 0 Å². The standard InChI is InChI=1S/C15H12N6O3S/c1-2-20-7-9(6-16)14(23)21(15(20)24)8-12(22)17-10-4-3-5-11-13(10)19-25-18-11/h3-5,7H,2,8H2,1H3,(H,17,22). The fourth-order valence-electron chi connectivity index (χ4n) is 2.34. The Balaban J connectivity index is 1.91. The quantitative estimate of drug-likeness (QED) is 0.756. The van der Waals surface area contributed by atoms with E-state index in [-0.39, 0.29) is 12.1 Å². The molecule has 1 aromatic heterocycles. The fraction of sp³-hybridized carbons (Fsp3) is 0.200. The van der Waals surface area contributed by atoms with E-state index in [9.17, 15) is 14.4 Å². The molecule has 126 valence electrons. The number of anilines is 1. The molecule has 0 fully saturated rings. The highest BCUT2D eigenvalue weighted by Crippen LogP contribution is 2.38. The Labute approximate surface area is 145 Å². The van der Waals surface area contributed by atoms with Crippen LogP contribution in [0, 0.1) is 11.3 Å². The number of amides is 1. The summed E-state index contributed by atoms with van der Waals surface area (Å²) in [6, 6.07) is 6.87. The molecule has 3 rings (SSSR count). The average Bonchev–Trinajstić information content (AvgIpc) is 3.09. The van der Waals surface area contributed by atoms with Crippen LogP contribution in [0.2, 0.25) is 0 Å². The Bertz CT molecular complexity index is 1100. The minimum absolute atomic E-state index is 0.194. The molecule has 0 saturated heterocycles. The fourth-order valence-corrected chi connectivity index (χ4v) is 2.89. The highest BCUT2D eigenvalue weighted by molar-refractivity contribution is 7.58. The summed E-state index contributed by atoms with van der Waals surface area (Å²) in [5.41, 5.74) is -0.0163. The highest BCUT2D eigenvalue weighted by Gasteiger charge is 2.16. The Hall–Kier alpha value is -3.32. The molecule has 0 radical (unpaired) electrons. The van der Waals surface area contributed by atoms with Crippen molar-refractivity contribution >= 4 is 34.3 Å². The van der Waals surface area contributed by atoms with Gasteiger partial charge in [-0.3, -0.25) is 14.2 Å². The van der Waals surface area contributed by atoms with Crippen LogP contribution >= 0.6 is 0 Å². The molecule has 1 aliphatic heterocycles. The van der Waals surface area contributed by atoms with Crippen molar-refractivity contribution in [2.75, 3.05) is 5.32 Å². The number of fused-ring (bicyclic) bond motifs is 1. The largest absolute Gasteiger partial charge is 0.331 e. The Morgan fingerprint density at radius 1 is 1.36 bits per heavy atom. The van der Waals surface area contributed by atoms with E-state index in [1.807, 2.05) is 0 Å². The van der Waals surface area contributed by atoms with E-state index in [2.05, 4.69) is 14.0 Å². The van der Waals surface area contributed by atoms with Gasteiger partial charge in [0.15, 0.2) is 0 Å². The van der Waals surface area contributed by atoms with E-state index < -0.39 is 23.7 Å². The van der Waals surface area contributed by atoms with E-state index in [1.165, 1.54) is 10.8 Å². The number of carbonyl (C=O) groups is 1. The third-order valence-corrected chi connectivity index (χ3v) is 4.10. The van der Waals surface area contributed by atoms with Gasteiger partial charge in [-0.1, -0.05) is 6.07 Å². The summed E-state index contributed by atoms with van der Waals surface area (Å²) in [6.45, 7) is 1.48. The molecular formula is C15H12N6O3S. The van der Waals surface area contributed by atoms with Crippen molar-refractivity contribution in [3.05, 3.63) is 50.8 Å². The first-order chi connectivity index (χ1) is 12.0. The van der Waals surface area contributed by atoms with Crippen molar-refractivity contribution < 1.29 is 4.79 Å². The normalized spacial score (nSPS) is 11.5. The van der Waals surface area contributed by atoms with Gasteiger partial charge in [-0.25, -0.2) is 9.36 Å². The van der Waals surface area contributed by atoms with Gasteiger partial charge in [-0.2, -0.15) is 14.0 Å². The molecule has 1 N–H and O–H groups in total. The first-order valence-electron chi connectivity index (χ1n) is 7.30. The first-order valence-corrected chi connectivity index (χ1v) is 8.03. The molecule has 2 aromatic rings. The summed E-state index contributed by atoms with van der Waals surface area (Å²) in [5, 5.41) is 11.6. The monoisotopic (exact) mass is 356 g/mol. The molecule has 0 spiro atoms. The third kappa shape index (κ3) is 3.05. The number of rotatable bonds is 4. The third-order valence-electron chi connectivity index (χ3n) is 3.56. The van der Waals surface area contributed by atoms with Crippen LogP contribution < -0.4 is 16.6 Å². The number of nitrogens with one attached hydrogen (secondary N) is 1. The van der Waals surface area contributed by atoms with E-state index in [0.717, 1.165) is 15.9 Å². The van der Waals surface area contributed by atoms with Gasteiger partial charge in [0.25, 0.3) is 5.56 Å². The van der Waals surface area contributed by atoms with Gasteiger partial charge in [0, 0.05) is 12.7 Å². The number of aromatic nitrogens is 2. The second-order valence-corrected chi connectivity index (χ2v) is 5.63. The maximum absolute atomic E-state index is 12.3. The van der Waals surface area contributed by atoms with Gasteiger partial charge in [0.05, 0.1) is 17.0 Å². The van der Waals surface area contributed by atoms with Gasteiger partial charge in [-0.05, 0) is 19.1 Å². The molecule has 0 bridgehead atoms. The Morgan fingerprint density at radius 2 is 2.16 bits per heavy atom. The Morgan fingerprint density at radius 3 is 2.88 bits per heavy atom. The summed E-state index contributed by atoms with van der Waals surface area (Å²) in [4.78, 5) is 36.7. The van der Waals surface area contributed by atoms with Gasteiger partial charge in [0.1, 0.15) is 29.6 Å². The maximum Gasteiger partial charge on any atom is 0.331 e. The lowest BCUT2D eigenvalue weighted by molar-refractivity contribution is -0.116. The second kappa shape index (κ2) is 6.66. The molecule has 9 nitrogen and oxygen atoms in total. The smallest absolute Gasteiger partial charge is 0.323 e. The zero-order chi connectivity index (χ0) is 18.0. The molecule has 1 aromatic carbocycles. The molecule has 25 heavy (non-hydrogen) atoms. The predicted octanol–water partition coefficient (Wildman–Crippen LogP) is 1.27. The van der Waals surface area contributed by atoms with Crippen molar-refractivity contribution in [2.24, 2.45) is 8.73 Å². The number of aryl methyl sites for hydroxylation is 1. The molecule has 0 unspecified atom stereocenters. The number of carbonyl (C=O) groups excluding carboxylic acids is 1. The number of benzene rings is 1. The van der Waals surface area contributed by atoms with Crippen molar-refractivity contribution in [1.82, 2.24) is 9.13 Å². The number of nitrogens with zero attached hydrogens (tertiary/aromatic N) is 5.